The molecule has 2 aliphatic heterocycles. The molecule has 2 fully saturated rings. The van der Waals surface area contributed by atoms with Gasteiger partial charge in [-0.25, -0.2) is 0 Å². The number of aliphatic hydroxyl groups is 1. The fraction of sp³-hybridized carbons (Fsp3) is 0.619. The molecule has 2 amide bonds. The van der Waals surface area contributed by atoms with Crippen LogP contribution in [0.25, 0.3) is 0 Å². The monoisotopic (exact) mass is 404 g/mol. The topological polar surface area (TPSA) is 88.5 Å². The molecular formula is C21H28N2O6. The van der Waals surface area contributed by atoms with Crippen molar-refractivity contribution in [2.24, 2.45) is 11.8 Å². The minimum atomic E-state index is -0.577. The normalized spacial score (nSPS) is 27.5. The van der Waals surface area contributed by atoms with Crippen LogP contribution in [0, 0.1) is 11.8 Å². The summed E-state index contributed by atoms with van der Waals surface area (Å²) in [7, 11) is 3.39. The Balaban J connectivity index is 1.33. The highest BCUT2D eigenvalue weighted by atomic mass is 16.7. The molecule has 8 heteroatoms. The van der Waals surface area contributed by atoms with Crippen LogP contribution in [0.1, 0.15) is 25.7 Å². The summed E-state index contributed by atoms with van der Waals surface area (Å²) in [5.41, 5.74) is 0. The lowest BCUT2D eigenvalue weighted by Crippen LogP contribution is -2.42. The third-order valence-electron chi connectivity index (χ3n) is 6.12. The number of amides is 2. The zero-order valence-corrected chi connectivity index (χ0v) is 16.9. The van der Waals surface area contributed by atoms with Crippen LogP contribution < -0.4 is 14.2 Å². The third-order valence-corrected chi connectivity index (χ3v) is 6.12. The predicted octanol–water partition coefficient (Wildman–Crippen LogP) is 1.26. The Bertz CT molecular complexity index is 782. The molecule has 1 aromatic rings. The zero-order chi connectivity index (χ0) is 20.5. The maximum absolute atomic E-state index is 12.5. The molecule has 0 unspecified atom stereocenters. The number of carbonyl (C=O) groups is 2. The Labute approximate surface area is 170 Å². The molecule has 1 saturated carbocycles. The molecule has 4 rings (SSSR count). The molecule has 0 radical (unpaired) electrons. The molecule has 1 N–H and O–H groups in total. The molecular weight excluding hydrogens is 376 g/mol. The van der Waals surface area contributed by atoms with Gasteiger partial charge in [0.15, 0.2) is 11.5 Å². The Morgan fingerprint density at radius 1 is 1.14 bits per heavy atom. The van der Waals surface area contributed by atoms with Gasteiger partial charge in [0.2, 0.25) is 18.6 Å². The van der Waals surface area contributed by atoms with Crippen molar-refractivity contribution in [3.8, 4) is 17.2 Å². The Morgan fingerprint density at radius 2 is 1.86 bits per heavy atom. The molecule has 3 aliphatic rings. The predicted molar refractivity (Wildman–Crippen MR) is 104 cm³/mol. The first-order valence-corrected chi connectivity index (χ1v) is 10.1. The SMILES string of the molecule is CN(C)C(=O)CCC(=O)N1C[C@H]2C[C@@H](Oc3ccc4c(c3)OCO4)[C@H](O)C[C@H]2C1. The zero-order valence-electron chi connectivity index (χ0n) is 16.9. The molecule has 0 bridgehead atoms. The van der Waals surface area contributed by atoms with Crippen LogP contribution in [0.3, 0.4) is 0 Å². The average Bonchev–Trinajstić information content (AvgIpc) is 3.32. The number of aliphatic hydroxyl groups excluding tert-OH is 1. The summed E-state index contributed by atoms with van der Waals surface area (Å²) < 4.78 is 16.8. The Kier molecular flexibility index (Phi) is 5.54. The second kappa shape index (κ2) is 8.10. The summed E-state index contributed by atoms with van der Waals surface area (Å²) in [4.78, 5) is 27.6. The minimum Gasteiger partial charge on any atom is -0.488 e. The first-order chi connectivity index (χ1) is 13.9. The van der Waals surface area contributed by atoms with Gasteiger partial charge in [0.1, 0.15) is 11.9 Å². The summed E-state index contributed by atoms with van der Waals surface area (Å²) in [6.45, 7) is 1.51. The number of ether oxygens (including phenoxy) is 3. The number of likely N-dealkylation sites (tertiary alicyclic amines) is 1. The van der Waals surface area contributed by atoms with Crippen molar-refractivity contribution < 1.29 is 28.9 Å². The summed E-state index contributed by atoms with van der Waals surface area (Å²) in [6.07, 6.45) is 0.877. The van der Waals surface area contributed by atoms with Crippen molar-refractivity contribution in [2.45, 2.75) is 37.9 Å². The van der Waals surface area contributed by atoms with Gasteiger partial charge in [0, 0.05) is 46.1 Å². The number of hydrogen-bond donors (Lipinski definition) is 1. The highest BCUT2D eigenvalue weighted by Crippen LogP contribution is 2.40. The van der Waals surface area contributed by atoms with E-state index < -0.39 is 6.10 Å². The smallest absolute Gasteiger partial charge is 0.231 e. The van der Waals surface area contributed by atoms with Crippen molar-refractivity contribution in [1.29, 1.82) is 0 Å². The van der Waals surface area contributed by atoms with Gasteiger partial charge < -0.3 is 29.1 Å². The minimum absolute atomic E-state index is 0.0114. The number of hydrogen-bond acceptors (Lipinski definition) is 6. The molecule has 0 spiro atoms. The lowest BCUT2D eigenvalue weighted by molar-refractivity contribution is -0.135. The maximum atomic E-state index is 12.5. The number of nitrogens with zero attached hydrogens (tertiary/aromatic N) is 2. The Hall–Kier alpha value is -2.48. The fourth-order valence-corrected chi connectivity index (χ4v) is 4.44. The van der Waals surface area contributed by atoms with Crippen LogP contribution in [-0.2, 0) is 9.59 Å². The first-order valence-electron chi connectivity index (χ1n) is 10.1. The molecule has 0 aromatic heterocycles. The number of fused-ring (bicyclic) bond motifs is 2. The molecule has 29 heavy (non-hydrogen) atoms. The van der Waals surface area contributed by atoms with E-state index in [9.17, 15) is 14.7 Å². The molecule has 1 aromatic carbocycles. The van der Waals surface area contributed by atoms with E-state index in [-0.39, 0.29) is 43.5 Å². The lowest BCUT2D eigenvalue weighted by atomic mass is 9.78. The summed E-state index contributed by atoms with van der Waals surface area (Å²) >= 11 is 0. The van der Waals surface area contributed by atoms with E-state index >= 15 is 0 Å². The van der Waals surface area contributed by atoms with Crippen LogP contribution in [-0.4, -0.2) is 72.9 Å². The molecule has 4 atom stereocenters. The van der Waals surface area contributed by atoms with Gasteiger partial charge in [-0.1, -0.05) is 0 Å². The fourth-order valence-electron chi connectivity index (χ4n) is 4.44. The molecule has 8 nitrogen and oxygen atoms in total. The van der Waals surface area contributed by atoms with Gasteiger partial charge in [-0.2, -0.15) is 0 Å². The summed E-state index contributed by atoms with van der Waals surface area (Å²) in [6, 6.07) is 5.41. The van der Waals surface area contributed by atoms with Crippen LogP contribution >= 0.6 is 0 Å². The van der Waals surface area contributed by atoms with Gasteiger partial charge >= 0.3 is 0 Å². The van der Waals surface area contributed by atoms with E-state index in [2.05, 4.69) is 0 Å². The number of carbonyl (C=O) groups excluding carboxylic acids is 2. The quantitative estimate of drug-likeness (QED) is 0.795. The summed E-state index contributed by atoms with van der Waals surface area (Å²) in [5, 5.41) is 10.6. The van der Waals surface area contributed by atoms with Gasteiger partial charge in [-0.3, -0.25) is 9.59 Å². The largest absolute Gasteiger partial charge is 0.488 e. The summed E-state index contributed by atoms with van der Waals surface area (Å²) in [5.74, 6) is 2.53. The van der Waals surface area contributed by atoms with E-state index in [0.29, 0.717) is 49.1 Å². The van der Waals surface area contributed by atoms with E-state index in [1.807, 2.05) is 11.0 Å². The Morgan fingerprint density at radius 3 is 2.62 bits per heavy atom. The van der Waals surface area contributed by atoms with Crippen LogP contribution in [0.2, 0.25) is 0 Å². The van der Waals surface area contributed by atoms with E-state index in [4.69, 9.17) is 14.2 Å². The van der Waals surface area contributed by atoms with Gasteiger partial charge in [-0.15, -0.1) is 0 Å². The molecule has 158 valence electrons. The second-order valence-electron chi connectivity index (χ2n) is 8.32. The van der Waals surface area contributed by atoms with Gasteiger partial charge in [-0.05, 0) is 36.8 Å². The van der Waals surface area contributed by atoms with Crippen molar-refractivity contribution in [3.05, 3.63) is 18.2 Å². The standard InChI is InChI=1S/C21H28N2O6/c1-22(2)20(25)5-6-21(26)23-10-13-7-16(24)18(8-14(13)11-23)29-15-3-4-17-19(9-15)28-12-27-17/h3-4,9,13-14,16,18,24H,5-8,10-12H2,1-2H3/t13-,14+,16+,18+/m0/s1. The van der Waals surface area contributed by atoms with E-state index in [1.54, 1.807) is 26.2 Å². The first kappa shape index (κ1) is 19.8. The van der Waals surface area contributed by atoms with Crippen LogP contribution in [0.15, 0.2) is 18.2 Å². The highest BCUT2D eigenvalue weighted by Gasteiger charge is 2.43. The van der Waals surface area contributed by atoms with Crippen LogP contribution in [0.4, 0.5) is 0 Å². The van der Waals surface area contributed by atoms with Gasteiger partial charge in [0.05, 0.1) is 6.10 Å². The number of benzene rings is 1. The second-order valence-corrected chi connectivity index (χ2v) is 8.32. The van der Waals surface area contributed by atoms with Crippen molar-refractivity contribution >= 4 is 11.8 Å². The maximum Gasteiger partial charge on any atom is 0.231 e. The molecule has 1 saturated heterocycles. The van der Waals surface area contributed by atoms with Crippen LogP contribution in [0.5, 0.6) is 17.2 Å². The molecule has 1 aliphatic carbocycles. The molecule has 2 heterocycles. The van der Waals surface area contributed by atoms with E-state index in [1.165, 1.54) is 4.90 Å². The third kappa shape index (κ3) is 4.27. The highest BCUT2D eigenvalue weighted by molar-refractivity contribution is 5.83. The van der Waals surface area contributed by atoms with Crippen molar-refractivity contribution in [3.63, 3.8) is 0 Å². The average molecular weight is 404 g/mol. The van der Waals surface area contributed by atoms with Crippen molar-refractivity contribution in [2.75, 3.05) is 34.0 Å². The van der Waals surface area contributed by atoms with Crippen molar-refractivity contribution in [1.82, 2.24) is 9.80 Å². The lowest BCUT2D eigenvalue weighted by Gasteiger charge is -2.35. The number of rotatable bonds is 5. The van der Waals surface area contributed by atoms with E-state index in [0.717, 1.165) is 0 Å². The van der Waals surface area contributed by atoms with Gasteiger partial charge in [0.25, 0.3) is 0 Å².